The molecule has 0 spiro atoms. The second kappa shape index (κ2) is 5.70. The molecule has 3 rings (SSSR count). The van der Waals surface area contributed by atoms with E-state index in [1.54, 1.807) is 19.4 Å². The molecule has 0 amide bonds. The van der Waals surface area contributed by atoms with Crippen LogP contribution in [0.15, 0.2) is 41.0 Å². The highest BCUT2D eigenvalue weighted by molar-refractivity contribution is 5.62. The van der Waals surface area contributed by atoms with Crippen LogP contribution in [0.5, 0.6) is 11.5 Å². The highest BCUT2D eigenvalue weighted by Gasteiger charge is 2.12. The first-order chi connectivity index (χ1) is 10.3. The van der Waals surface area contributed by atoms with Crippen molar-refractivity contribution in [2.24, 2.45) is 0 Å². The number of ether oxygens (including phenoxy) is 2. The lowest BCUT2D eigenvalue weighted by molar-refractivity contribution is 0.311. The molecule has 6 heteroatoms. The SMILES string of the molecule is CCOc1ccc(-c2n[nH]c(-c3ccco3)n2)cc1OC. The van der Waals surface area contributed by atoms with E-state index in [9.17, 15) is 0 Å². The monoisotopic (exact) mass is 285 g/mol. The van der Waals surface area contributed by atoms with Crippen molar-refractivity contribution in [3.8, 4) is 34.5 Å². The molecule has 0 aliphatic heterocycles. The Morgan fingerprint density at radius 1 is 1.24 bits per heavy atom. The summed E-state index contributed by atoms with van der Waals surface area (Å²) >= 11 is 0. The summed E-state index contributed by atoms with van der Waals surface area (Å²) < 4.78 is 16.1. The van der Waals surface area contributed by atoms with Gasteiger partial charge in [0.1, 0.15) is 0 Å². The molecular weight excluding hydrogens is 270 g/mol. The summed E-state index contributed by atoms with van der Waals surface area (Å²) in [7, 11) is 1.61. The van der Waals surface area contributed by atoms with Crippen molar-refractivity contribution in [2.75, 3.05) is 13.7 Å². The zero-order valence-electron chi connectivity index (χ0n) is 11.8. The Labute approximate surface area is 121 Å². The fraction of sp³-hybridized carbons (Fsp3) is 0.200. The van der Waals surface area contributed by atoms with Gasteiger partial charge in [-0.25, -0.2) is 4.98 Å². The zero-order chi connectivity index (χ0) is 14.7. The molecule has 108 valence electrons. The van der Waals surface area contributed by atoms with Crippen LogP contribution >= 0.6 is 0 Å². The number of hydrogen-bond acceptors (Lipinski definition) is 5. The van der Waals surface area contributed by atoms with Crippen molar-refractivity contribution in [3.05, 3.63) is 36.6 Å². The molecule has 0 radical (unpaired) electrons. The van der Waals surface area contributed by atoms with E-state index >= 15 is 0 Å². The Morgan fingerprint density at radius 3 is 2.86 bits per heavy atom. The Balaban J connectivity index is 1.93. The quantitative estimate of drug-likeness (QED) is 0.779. The van der Waals surface area contributed by atoms with Gasteiger partial charge in [0.15, 0.2) is 28.9 Å². The summed E-state index contributed by atoms with van der Waals surface area (Å²) in [5.74, 6) is 3.15. The first-order valence-electron chi connectivity index (χ1n) is 6.59. The van der Waals surface area contributed by atoms with E-state index in [4.69, 9.17) is 13.9 Å². The molecule has 2 heterocycles. The molecule has 2 aromatic heterocycles. The highest BCUT2D eigenvalue weighted by Crippen LogP contribution is 2.31. The van der Waals surface area contributed by atoms with Crippen LogP contribution in [-0.2, 0) is 0 Å². The molecule has 0 aliphatic carbocycles. The van der Waals surface area contributed by atoms with E-state index in [2.05, 4.69) is 15.2 Å². The van der Waals surface area contributed by atoms with Gasteiger partial charge in [-0.05, 0) is 37.3 Å². The van der Waals surface area contributed by atoms with Crippen molar-refractivity contribution in [1.29, 1.82) is 0 Å². The van der Waals surface area contributed by atoms with Crippen LogP contribution in [0.4, 0.5) is 0 Å². The standard InChI is InChI=1S/C15H15N3O3/c1-3-20-11-7-6-10(9-13(11)19-2)14-16-15(18-17-14)12-5-4-8-21-12/h4-9H,3H2,1-2H3,(H,16,17,18). The van der Waals surface area contributed by atoms with Crippen molar-refractivity contribution in [2.45, 2.75) is 6.92 Å². The van der Waals surface area contributed by atoms with Crippen LogP contribution in [0.3, 0.4) is 0 Å². The maximum atomic E-state index is 5.49. The molecule has 3 aromatic rings. The number of rotatable bonds is 5. The van der Waals surface area contributed by atoms with Gasteiger partial charge in [-0.15, -0.1) is 0 Å². The third kappa shape index (κ3) is 2.60. The largest absolute Gasteiger partial charge is 0.493 e. The summed E-state index contributed by atoms with van der Waals surface area (Å²) in [5, 5.41) is 7.06. The average molecular weight is 285 g/mol. The molecule has 1 N–H and O–H groups in total. The molecule has 21 heavy (non-hydrogen) atoms. The van der Waals surface area contributed by atoms with Gasteiger partial charge >= 0.3 is 0 Å². The molecule has 0 saturated carbocycles. The van der Waals surface area contributed by atoms with Crippen LogP contribution in [0, 0.1) is 0 Å². The minimum absolute atomic E-state index is 0.572. The summed E-state index contributed by atoms with van der Waals surface area (Å²) in [5.41, 5.74) is 0.837. The van der Waals surface area contributed by atoms with Crippen LogP contribution in [0.2, 0.25) is 0 Å². The Morgan fingerprint density at radius 2 is 2.14 bits per heavy atom. The van der Waals surface area contributed by atoms with Gasteiger partial charge in [0, 0.05) is 5.56 Å². The number of hydrogen-bond donors (Lipinski definition) is 1. The minimum Gasteiger partial charge on any atom is -0.493 e. The van der Waals surface area contributed by atoms with E-state index in [-0.39, 0.29) is 0 Å². The van der Waals surface area contributed by atoms with Gasteiger partial charge in [0.25, 0.3) is 0 Å². The van der Waals surface area contributed by atoms with Gasteiger partial charge < -0.3 is 13.9 Å². The van der Waals surface area contributed by atoms with Gasteiger partial charge in [0.05, 0.1) is 20.0 Å². The number of aromatic nitrogens is 3. The number of nitrogens with one attached hydrogen (secondary N) is 1. The second-order valence-corrected chi connectivity index (χ2v) is 4.28. The lowest BCUT2D eigenvalue weighted by Gasteiger charge is -2.09. The van der Waals surface area contributed by atoms with E-state index < -0.39 is 0 Å². The lowest BCUT2D eigenvalue weighted by Crippen LogP contribution is -1.95. The summed E-state index contributed by atoms with van der Waals surface area (Å²) in [4.78, 5) is 4.42. The smallest absolute Gasteiger partial charge is 0.192 e. The molecule has 6 nitrogen and oxygen atoms in total. The number of aromatic amines is 1. The first-order valence-corrected chi connectivity index (χ1v) is 6.59. The number of furan rings is 1. The average Bonchev–Trinajstić information content (AvgIpc) is 3.19. The fourth-order valence-electron chi connectivity index (χ4n) is 2.00. The number of methoxy groups -OCH3 is 1. The van der Waals surface area contributed by atoms with E-state index in [0.29, 0.717) is 35.5 Å². The molecular formula is C15H15N3O3. The molecule has 0 unspecified atom stereocenters. The van der Waals surface area contributed by atoms with Crippen molar-refractivity contribution < 1.29 is 13.9 Å². The topological polar surface area (TPSA) is 73.2 Å². The maximum absolute atomic E-state index is 5.49. The second-order valence-electron chi connectivity index (χ2n) is 4.28. The summed E-state index contributed by atoms with van der Waals surface area (Å²) in [6, 6.07) is 9.21. The van der Waals surface area contributed by atoms with E-state index in [1.807, 2.05) is 31.2 Å². The normalized spacial score (nSPS) is 10.6. The molecule has 0 bridgehead atoms. The Kier molecular flexibility index (Phi) is 3.59. The fourth-order valence-corrected chi connectivity index (χ4v) is 2.00. The van der Waals surface area contributed by atoms with Crippen LogP contribution in [0.25, 0.3) is 23.0 Å². The molecule has 0 atom stereocenters. The Bertz CT molecular complexity index is 720. The molecule has 0 saturated heterocycles. The van der Waals surface area contributed by atoms with E-state index in [0.717, 1.165) is 5.56 Å². The third-order valence-corrected chi connectivity index (χ3v) is 2.96. The highest BCUT2D eigenvalue weighted by atomic mass is 16.5. The van der Waals surface area contributed by atoms with Crippen molar-refractivity contribution in [3.63, 3.8) is 0 Å². The Hall–Kier alpha value is -2.76. The van der Waals surface area contributed by atoms with Crippen molar-refractivity contribution in [1.82, 2.24) is 15.2 Å². The summed E-state index contributed by atoms with van der Waals surface area (Å²) in [6.45, 7) is 2.51. The number of H-pyrrole nitrogens is 1. The van der Waals surface area contributed by atoms with Crippen LogP contribution in [-0.4, -0.2) is 28.9 Å². The third-order valence-electron chi connectivity index (χ3n) is 2.96. The maximum Gasteiger partial charge on any atom is 0.192 e. The predicted octanol–water partition coefficient (Wildman–Crippen LogP) is 3.14. The minimum atomic E-state index is 0.572. The number of benzene rings is 1. The van der Waals surface area contributed by atoms with Gasteiger partial charge in [-0.2, -0.15) is 5.10 Å². The van der Waals surface area contributed by atoms with E-state index in [1.165, 1.54) is 0 Å². The molecule has 0 fully saturated rings. The first kappa shape index (κ1) is 13.2. The van der Waals surface area contributed by atoms with Gasteiger partial charge in [-0.3, -0.25) is 5.10 Å². The zero-order valence-corrected chi connectivity index (χ0v) is 11.8. The van der Waals surface area contributed by atoms with Crippen LogP contribution in [0.1, 0.15) is 6.92 Å². The van der Waals surface area contributed by atoms with Crippen molar-refractivity contribution >= 4 is 0 Å². The number of nitrogens with zero attached hydrogens (tertiary/aromatic N) is 2. The van der Waals surface area contributed by atoms with Crippen LogP contribution < -0.4 is 9.47 Å². The van der Waals surface area contributed by atoms with Gasteiger partial charge in [-0.1, -0.05) is 0 Å². The predicted molar refractivity (Wildman–Crippen MR) is 77.2 cm³/mol. The molecule has 1 aromatic carbocycles. The lowest BCUT2D eigenvalue weighted by atomic mass is 10.2. The summed E-state index contributed by atoms with van der Waals surface area (Å²) in [6.07, 6.45) is 1.59. The molecule has 0 aliphatic rings. The van der Waals surface area contributed by atoms with Gasteiger partial charge in [0.2, 0.25) is 0 Å².